The minimum absolute atomic E-state index is 0. The smallest absolute Gasteiger partial charge is 0.140 e. The zero-order chi connectivity index (χ0) is 23.1. The van der Waals surface area contributed by atoms with Crippen LogP contribution in [0.4, 0.5) is 25.2 Å². The molecule has 0 radical (unpaired) electrons. The molecule has 1 fully saturated rings. The summed E-state index contributed by atoms with van der Waals surface area (Å²) in [6.45, 7) is 2.47. The third-order valence-corrected chi connectivity index (χ3v) is 7.56. The van der Waals surface area contributed by atoms with E-state index in [0.29, 0.717) is 5.69 Å². The van der Waals surface area contributed by atoms with Crippen molar-refractivity contribution in [2.24, 2.45) is 4.99 Å². The van der Waals surface area contributed by atoms with E-state index in [1.54, 1.807) is 29.5 Å². The lowest BCUT2D eigenvalue weighted by atomic mass is 10.0. The maximum Gasteiger partial charge on any atom is 0.140 e. The number of amidine groups is 1. The number of nitrogens with one attached hydrogen (secondary N) is 2. The summed E-state index contributed by atoms with van der Waals surface area (Å²) < 4.78 is 28.8. The van der Waals surface area contributed by atoms with Crippen LogP contribution in [0.2, 0.25) is 0 Å². The number of nitrogens with zero attached hydrogens (tertiary/aromatic N) is 2. The molecule has 2 aliphatic heterocycles. The molecule has 1 saturated heterocycles. The molecule has 1 aromatic heterocycles. The maximum absolute atomic E-state index is 14.0. The first kappa shape index (κ1) is 26.4. The number of rotatable bonds is 3. The quantitative estimate of drug-likeness (QED) is 0.288. The van der Waals surface area contributed by atoms with Crippen molar-refractivity contribution in [3.8, 4) is 0 Å². The zero-order valence-electron chi connectivity index (χ0n) is 19.3. The van der Waals surface area contributed by atoms with Crippen molar-refractivity contribution in [3.63, 3.8) is 0 Å². The van der Waals surface area contributed by atoms with E-state index in [-0.39, 0.29) is 42.5 Å². The molecule has 2 N–H and O–H groups in total. The fraction of sp³-hybridized carbons (Fsp3) is 0.222. The highest BCUT2D eigenvalue weighted by Crippen LogP contribution is 2.43. The van der Waals surface area contributed by atoms with E-state index in [1.807, 2.05) is 18.2 Å². The van der Waals surface area contributed by atoms with Crippen LogP contribution in [-0.4, -0.2) is 36.4 Å². The molecule has 0 saturated carbocycles. The predicted octanol–water partition coefficient (Wildman–Crippen LogP) is 7.07. The average molecular weight is 548 g/mol. The van der Waals surface area contributed by atoms with Crippen LogP contribution in [0.15, 0.2) is 71.7 Å². The zero-order valence-corrected chi connectivity index (χ0v) is 21.8. The number of anilines is 2. The highest BCUT2D eigenvalue weighted by Gasteiger charge is 2.29. The molecule has 3 aromatic carbocycles. The van der Waals surface area contributed by atoms with Crippen molar-refractivity contribution >= 4 is 68.4 Å². The molecular formula is C27H26Cl2F2N4S. The summed E-state index contributed by atoms with van der Waals surface area (Å²) >= 11 is 1.67. The molecule has 4 nitrogen and oxygen atoms in total. The first-order valence-electron chi connectivity index (χ1n) is 11.5. The monoisotopic (exact) mass is 546 g/mol. The molecule has 1 unspecified atom stereocenters. The maximum atomic E-state index is 14.0. The van der Waals surface area contributed by atoms with Gasteiger partial charge in [-0.15, -0.1) is 36.2 Å². The van der Waals surface area contributed by atoms with Crippen LogP contribution >= 0.6 is 36.2 Å². The van der Waals surface area contributed by atoms with E-state index in [1.165, 1.54) is 22.9 Å². The number of halogens is 4. The predicted molar refractivity (Wildman–Crippen MR) is 150 cm³/mol. The van der Waals surface area contributed by atoms with Crippen molar-refractivity contribution in [2.75, 3.05) is 25.0 Å². The van der Waals surface area contributed by atoms with E-state index in [0.717, 1.165) is 65.5 Å². The Morgan fingerprint density at radius 2 is 1.81 bits per heavy atom. The number of aryl methyl sites for hydroxylation is 1. The molecule has 3 heterocycles. The molecule has 4 aromatic rings. The Bertz CT molecular complexity index is 1410. The van der Waals surface area contributed by atoms with Crippen LogP contribution in [0, 0.1) is 11.6 Å². The Hall–Kier alpha value is -2.71. The van der Waals surface area contributed by atoms with Crippen LogP contribution in [0.25, 0.3) is 10.1 Å². The number of benzene rings is 3. The summed E-state index contributed by atoms with van der Waals surface area (Å²) in [5.41, 5.74) is 3.50. The van der Waals surface area contributed by atoms with Crippen LogP contribution in [-0.2, 0) is 6.42 Å². The lowest BCUT2D eigenvalue weighted by Gasteiger charge is -2.36. The lowest BCUT2D eigenvalue weighted by Crippen LogP contribution is -2.52. The van der Waals surface area contributed by atoms with Gasteiger partial charge in [-0.05, 0) is 54.8 Å². The van der Waals surface area contributed by atoms with Crippen molar-refractivity contribution in [1.29, 1.82) is 0 Å². The van der Waals surface area contributed by atoms with Crippen LogP contribution in [0.1, 0.15) is 17.5 Å². The van der Waals surface area contributed by atoms with E-state index in [2.05, 4.69) is 27.7 Å². The third kappa shape index (κ3) is 5.20. The number of aliphatic imine (C=N–C) groups is 1. The molecule has 0 spiro atoms. The molecule has 36 heavy (non-hydrogen) atoms. The van der Waals surface area contributed by atoms with E-state index < -0.39 is 0 Å². The summed E-state index contributed by atoms with van der Waals surface area (Å²) in [7, 11) is 0. The fourth-order valence-corrected chi connectivity index (χ4v) is 5.94. The van der Waals surface area contributed by atoms with Crippen molar-refractivity contribution in [2.45, 2.75) is 18.9 Å². The SMILES string of the molecule is Cl.Cl.Fc1cccc(CCC2CN(C3=Nc4ccc(F)cc4Nc4sc5ccccc5c43)CCN2)c1. The number of piperazine rings is 1. The van der Waals surface area contributed by atoms with Gasteiger partial charge in [-0.3, -0.25) is 0 Å². The second-order valence-electron chi connectivity index (χ2n) is 8.79. The van der Waals surface area contributed by atoms with E-state index >= 15 is 0 Å². The number of thiophene rings is 1. The largest absolute Gasteiger partial charge is 0.353 e. The normalized spacial score (nSPS) is 16.6. The van der Waals surface area contributed by atoms with Crippen molar-refractivity contribution in [1.82, 2.24) is 10.2 Å². The van der Waals surface area contributed by atoms with Crippen LogP contribution in [0.3, 0.4) is 0 Å². The topological polar surface area (TPSA) is 39.7 Å². The van der Waals surface area contributed by atoms with E-state index in [9.17, 15) is 8.78 Å². The van der Waals surface area contributed by atoms with Gasteiger partial charge >= 0.3 is 0 Å². The Labute approximate surface area is 225 Å². The van der Waals surface area contributed by atoms with Gasteiger partial charge in [0.2, 0.25) is 0 Å². The van der Waals surface area contributed by atoms with Crippen LogP contribution < -0.4 is 10.6 Å². The number of hydrogen-bond donors (Lipinski definition) is 2. The molecule has 188 valence electrons. The van der Waals surface area contributed by atoms with E-state index in [4.69, 9.17) is 4.99 Å². The molecular weight excluding hydrogens is 521 g/mol. The third-order valence-electron chi connectivity index (χ3n) is 6.48. The minimum atomic E-state index is -0.285. The Morgan fingerprint density at radius 3 is 2.67 bits per heavy atom. The summed E-state index contributed by atoms with van der Waals surface area (Å²) in [4.78, 5) is 7.41. The molecule has 0 amide bonds. The Kier molecular flexibility index (Phi) is 8.15. The average Bonchev–Trinajstić information content (AvgIpc) is 3.12. The highest BCUT2D eigenvalue weighted by molar-refractivity contribution is 7.23. The van der Waals surface area contributed by atoms with Gasteiger partial charge in [-0.25, -0.2) is 13.8 Å². The number of fused-ring (bicyclic) bond motifs is 4. The van der Waals surface area contributed by atoms with Crippen molar-refractivity contribution in [3.05, 3.63) is 89.5 Å². The van der Waals surface area contributed by atoms with Gasteiger partial charge in [0.15, 0.2) is 0 Å². The fourth-order valence-electron chi connectivity index (χ4n) is 4.83. The highest BCUT2D eigenvalue weighted by atomic mass is 35.5. The Morgan fingerprint density at radius 1 is 0.972 bits per heavy atom. The molecule has 0 aliphatic carbocycles. The van der Waals surface area contributed by atoms with Gasteiger partial charge in [-0.1, -0.05) is 30.3 Å². The molecule has 6 rings (SSSR count). The summed E-state index contributed by atoms with van der Waals surface area (Å²) in [6.07, 6.45) is 1.72. The second-order valence-corrected chi connectivity index (χ2v) is 9.84. The van der Waals surface area contributed by atoms with Gasteiger partial charge in [0, 0.05) is 35.8 Å². The number of hydrogen-bond acceptors (Lipinski definition) is 5. The molecule has 9 heteroatoms. The van der Waals surface area contributed by atoms with Gasteiger partial charge in [0.05, 0.1) is 16.9 Å². The lowest BCUT2D eigenvalue weighted by molar-refractivity contribution is 0.282. The second kappa shape index (κ2) is 11.1. The van der Waals surface area contributed by atoms with Gasteiger partial charge < -0.3 is 15.5 Å². The molecule has 0 bridgehead atoms. The summed E-state index contributed by atoms with van der Waals surface area (Å²) in [6, 6.07) is 20.1. The van der Waals surface area contributed by atoms with Crippen molar-refractivity contribution < 1.29 is 8.78 Å². The molecule has 1 atom stereocenters. The van der Waals surface area contributed by atoms with Crippen LogP contribution in [0.5, 0.6) is 0 Å². The standard InChI is InChI=1S/C27H24F2N4S.2ClH/c28-18-5-3-4-17(14-18)8-10-20-16-33(13-12-30-20)26-25-21-6-1-2-7-24(21)34-27(25)32-23-15-19(29)9-11-22(23)31-26;;/h1-7,9,11,14-15,20,30,32H,8,10,12-13,16H2;2*1H. The minimum Gasteiger partial charge on any atom is -0.353 e. The summed E-state index contributed by atoms with van der Waals surface area (Å²) in [5.74, 6) is 0.442. The molecule has 2 aliphatic rings. The summed E-state index contributed by atoms with van der Waals surface area (Å²) in [5, 5.41) is 9.20. The van der Waals surface area contributed by atoms with Gasteiger partial charge in [-0.2, -0.15) is 0 Å². The van der Waals surface area contributed by atoms with Gasteiger partial charge in [0.25, 0.3) is 0 Å². The van der Waals surface area contributed by atoms with Gasteiger partial charge in [0.1, 0.15) is 22.5 Å². The first-order valence-corrected chi connectivity index (χ1v) is 12.4. The Balaban J connectivity index is 0.00000152. The first-order chi connectivity index (χ1) is 16.6.